The standard InChI is InChI=1S/C12H8.C6H6/c1-3-9-7-8-10-4-2-6-12(10)11(9)5-1;1-2-4-6-5-3-1/h1-8H;1-6H. The lowest BCUT2D eigenvalue weighted by atomic mass is 10.1. The average molecular weight is 230 g/mol. The summed E-state index contributed by atoms with van der Waals surface area (Å²) in [5.41, 5.74) is 2.75. The molecule has 0 saturated carbocycles. The van der Waals surface area contributed by atoms with Crippen molar-refractivity contribution in [2.45, 2.75) is 0 Å². The zero-order valence-electron chi connectivity index (χ0n) is 10.1. The van der Waals surface area contributed by atoms with Crippen LogP contribution in [-0.2, 0) is 0 Å². The van der Waals surface area contributed by atoms with E-state index < -0.39 is 0 Å². The number of fused-ring (bicyclic) bond motifs is 3. The van der Waals surface area contributed by atoms with Crippen LogP contribution in [0.15, 0.2) is 60.7 Å². The summed E-state index contributed by atoms with van der Waals surface area (Å²) in [4.78, 5) is 0. The molecular weight excluding hydrogens is 216 g/mol. The zero-order valence-corrected chi connectivity index (χ0v) is 10.1. The summed E-state index contributed by atoms with van der Waals surface area (Å²) in [5, 5.41) is 2.68. The largest absolute Gasteiger partial charge is 0.0623 e. The SMILES string of the molecule is C1=Cc2c3c(ccc2=C1)=CC=C3.c1ccccc1. The second kappa shape index (κ2) is 4.89. The highest BCUT2D eigenvalue weighted by Crippen LogP contribution is 2.11. The minimum absolute atomic E-state index is 1.34. The third-order valence-corrected chi connectivity index (χ3v) is 3.10. The molecule has 0 radical (unpaired) electrons. The lowest BCUT2D eigenvalue weighted by Gasteiger charge is -1.97. The van der Waals surface area contributed by atoms with Crippen molar-refractivity contribution in [3.05, 3.63) is 82.2 Å². The van der Waals surface area contributed by atoms with Gasteiger partial charge in [-0.1, -0.05) is 85.0 Å². The number of hydrogen-bond acceptors (Lipinski definition) is 0. The molecule has 0 nitrogen and oxygen atoms in total. The Morgan fingerprint density at radius 2 is 0.889 bits per heavy atom. The van der Waals surface area contributed by atoms with E-state index in [1.807, 2.05) is 36.4 Å². The Labute approximate surface area is 107 Å². The molecule has 0 N–H and O–H groups in total. The fourth-order valence-electron chi connectivity index (χ4n) is 2.21. The molecule has 86 valence electrons. The molecule has 0 bridgehead atoms. The Morgan fingerprint density at radius 1 is 0.500 bits per heavy atom. The van der Waals surface area contributed by atoms with E-state index in [-0.39, 0.29) is 0 Å². The smallest absolute Gasteiger partial charge is 0.0105 e. The van der Waals surface area contributed by atoms with E-state index in [1.165, 1.54) is 21.6 Å². The molecular formula is C18H14. The lowest BCUT2D eigenvalue weighted by molar-refractivity contribution is 1.51. The molecule has 0 aliphatic heterocycles. The third kappa shape index (κ3) is 2.05. The van der Waals surface area contributed by atoms with Crippen LogP contribution in [-0.4, -0.2) is 0 Å². The van der Waals surface area contributed by atoms with Gasteiger partial charge in [0, 0.05) is 0 Å². The quantitative estimate of drug-likeness (QED) is 0.652. The van der Waals surface area contributed by atoms with Crippen molar-refractivity contribution in [1.82, 2.24) is 0 Å². The number of rotatable bonds is 0. The van der Waals surface area contributed by atoms with E-state index in [0.29, 0.717) is 0 Å². The second-order valence-corrected chi connectivity index (χ2v) is 4.28. The summed E-state index contributed by atoms with van der Waals surface area (Å²) in [6.07, 6.45) is 12.9. The van der Waals surface area contributed by atoms with Crippen LogP contribution in [0.2, 0.25) is 0 Å². The van der Waals surface area contributed by atoms with Crippen LogP contribution in [0, 0.1) is 0 Å². The highest BCUT2D eigenvalue weighted by Gasteiger charge is 2.04. The van der Waals surface area contributed by atoms with Crippen LogP contribution in [0.25, 0.3) is 24.3 Å². The molecule has 2 aromatic rings. The molecule has 18 heavy (non-hydrogen) atoms. The van der Waals surface area contributed by atoms with Gasteiger partial charge in [0.15, 0.2) is 0 Å². The molecule has 4 rings (SSSR count). The molecule has 0 aromatic heterocycles. The van der Waals surface area contributed by atoms with Crippen molar-refractivity contribution < 1.29 is 0 Å². The molecule has 0 fully saturated rings. The second-order valence-electron chi connectivity index (χ2n) is 4.28. The molecule has 0 atom stereocenters. The van der Waals surface area contributed by atoms with E-state index in [2.05, 4.69) is 48.6 Å². The summed E-state index contributed by atoms with van der Waals surface area (Å²) in [7, 11) is 0. The number of allylic oxidation sites excluding steroid dienone is 2. The highest BCUT2D eigenvalue weighted by atomic mass is 14.1. The lowest BCUT2D eigenvalue weighted by Crippen LogP contribution is -2.13. The van der Waals surface area contributed by atoms with Gasteiger partial charge in [0.2, 0.25) is 0 Å². The monoisotopic (exact) mass is 230 g/mol. The van der Waals surface area contributed by atoms with Crippen molar-refractivity contribution in [3.63, 3.8) is 0 Å². The van der Waals surface area contributed by atoms with Crippen molar-refractivity contribution in [2.75, 3.05) is 0 Å². The molecule has 2 aliphatic rings. The summed E-state index contributed by atoms with van der Waals surface area (Å²) in [6.45, 7) is 0. The predicted octanol–water partition coefficient (Wildman–Crippen LogP) is 2.99. The molecule has 0 unspecified atom stereocenters. The van der Waals surface area contributed by atoms with Crippen molar-refractivity contribution in [2.24, 2.45) is 0 Å². The van der Waals surface area contributed by atoms with Crippen LogP contribution in [0.3, 0.4) is 0 Å². The Morgan fingerprint density at radius 3 is 1.28 bits per heavy atom. The van der Waals surface area contributed by atoms with Gasteiger partial charge >= 0.3 is 0 Å². The number of benzene rings is 2. The Kier molecular flexibility index (Phi) is 2.93. The van der Waals surface area contributed by atoms with Crippen LogP contribution >= 0.6 is 0 Å². The summed E-state index contributed by atoms with van der Waals surface area (Å²) in [6, 6.07) is 16.4. The summed E-state index contributed by atoms with van der Waals surface area (Å²) < 4.78 is 0. The number of hydrogen-bond donors (Lipinski definition) is 0. The van der Waals surface area contributed by atoms with Gasteiger partial charge in [-0.3, -0.25) is 0 Å². The molecule has 2 aliphatic carbocycles. The minimum Gasteiger partial charge on any atom is -0.0623 e. The van der Waals surface area contributed by atoms with Gasteiger partial charge in [-0.2, -0.15) is 0 Å². The van der Waals surface area contributed by atoms with E-state index in [1.54, 1.807) is 0 Å². The van der Waals surface area contributed by atoms with E-state index >= 15 is 0 Å². The van der Waals surface area contributed by atoms with Crippen molar-refractivity contribution >= 4 is 24.3 Å². The van der Waals surface area contributed by atoms with Gasteiger partial charge in [0.1, 0.15) is 0 Å². The molecule has 0 heterocycles. The van der Waals surface area contributed by atoms with Crippen LogP contribution < -0.4 is 10.4 Å². The normalized spacial score (nSPS) is 12.9. The fourth-order valence-corrected chi connectivity index (χ4v) is 2.21. The maximum absolute atomic E-state index is 2.18. The van der Waals surface area contributed by atoms with Gasteiger partial charge in [0.05, 0.1) is 0 Å². The van der Waals surface area contributed by atoms with Crippen LogP contribution in [0.4, 0.5) is 0 Å². The van der Waals surface area contributed by atoms with E-state index in [0.717, 1.165) is 0 Å². The predicted molar refractivity (Wildman–Crippen MR) is 79.1 cm³/mol. The topological polar surface area (TPSA) is 0 Å². The average Bonchev–Trinajstić information content (AvgIpc) is 3.09. The van der Waals surface area contributed by atoms with E-state index in [9.17, 15) is 0 Å². The van der Waals surface area contributed by atoms with Crippen LogP contribution in [0.5, 0.6) is 0 Å². The van der Waals surface area contributed by atoms with Crippen molar-refractivity contribution in [3.8, 4) is 0 Å². The highest BCUT2D eigenvalue weighted by molar-refractivity contribution is 5.79. The van der Waals surface area contributed by atoms with Crippen LogP contribution in [0.1, 0.15) is 11.1 Å². The van der Waals surface area contributed by atoms with Gasteiger partial charge in [0.25, 0.3) is 0 Å². The first-order valence-electron chi connectivity index (χ1n) is 6.15. The minimum atomic E-state index is 1.34. The van der Waals surface area contributed by atoms with Gasteiger partial charge in [-0.05, 0) is 21.6 Å². The molecule has 0 spiro atoms. The van der Waals surface area contributed by atoms with Gasteiger partial charge in [-0.25, -0.2) is 0 Å². The van der Waals surface area contributed by atoms with Crippen molar-refractivity contribution in [1.29, 1.82) is 0 Å². The first-order valence-corrected chi connectivity index (χ1v) is 6.15. The zero-order chi connectivity index (χ0) is 12.2. The first-order chi connectivity index (χ1) is 8.95. The Bertz CT molecular complexity index is 641. The maximum Gasteiger partial charge on any atom is -0.0105 e. The fraction of sp³-hybridized carbons (Fsp3) is 0. The Balaban J connectivity index is 0.000000142. The van der Waals surface area contributed by atoms with Gasteiger partial charge in [-0.15, -0.1) is 0 Å². The van der Waals surface area contributed by atoms with E-state index in [4.69, 9.17) is 0 Å². The first kappa shape index (κ1) is 10.8. The molecule has 0 saturated heterocycles. The Hall–Kier alpha value is -2.34. The molecule has 0 amide bonds. The maximum atomic E-state index is 2.18. The summed E-state index contributed by atoms with van der Waals surface area (Å²) >= 11 is 0. The van der Waals surface area contributed by atoms with Gasteiger partial charge < -0.3 is 0 Å². The third-order valence-electron chi connectivity index (χ3n) is 3.10. The molecule has 2 aromatic carbocycles. The molecule has 0 heteroatoms. The summed E-state index contributed by atoms with van der Waals surface area (Å²) in [5.74, 6) is 0.